The lowest BCUT2D eigenvalue weighted by atomic mass is 9.98. The van der Waals surface area contributed by atoms with E-state index in [-0.39, 0.29) is 6.61 Å². The summed E-state index contributed by atoms with van der Waals surface area (Å²) in [5.41, 5.74) is 5.53. The fourth-order valence-corrected chi connectivity index (χ4v) is 2.71. The van der Waals surface area contributed by atoms with E-state index in [1.807, 2.05) is 0 Å². The molecule has 0 aromatic carbocycles. The molecule has 2 aromatic rings. The topological polar surface area (TPSA) is 24.6 Å². The summed E-state index contributed by atoms with van der Waals surface area (Å²) in [5.74, 6) is 0. The van der Waals surface area contributed by atoms with Crippen LogP contribution in [0.15, 0.2) is 24.4 Å². The average Bonchev–Trinajstić information content (AvgIpc) is 2.68. The third-order valence-corrected chi connectivity index (χ3v) is 3.54. The summed E-state index contributed by atoms with van der Waals surface area (Å²) >= 11 is 0. The molecule has 2 aromatic heterocycles. The zero-order valence-electron chi connectivity index (χ0n) is 9.45. The molecule has 1 aliphatic carbocycles. The van der Waals surface area contributed by atoms with Gasteiger partial charge in [-0.15, -0.1) is 0 Å². The van der Waals surface area contributed by atoms with Gasteiger partial charge in [0.25, 0.3) is 0 Å². The highest BCUT2D eigenvalue weighted by atomic mass is 16.2. The number of nitrogens with zero attached hydrogens (tertiary/aromatic N) is 1. The van der Waals surface area contributed by atoms with Crippen molar-refractivity contribution < 1.29 is 5.11 Å². The Hall–Kier alpha value is -1.28. The van der Waals surface area contributed by atoms with Crippen molar-refractivity contribution >= 4 is 5.52 Å². The largest absolute Gasteiger partial charge is 0.396 e. The van der Waals surface area contributed by atoms with E-state index in [1.54, 1.807) is 0 Å². The van der Waals surface area contributed by atoms with Crippen LogP contribution in [0, 0.1) is 0 Å². The quantitative estimate of drug-likeness (QED) is 0.817. The second-order valence-corrected chi connectivity index (χ2v) is 4.63. The van der Waals surface area contributed by atoms with Crippen LogP contribution in [0.25, 0.3) is 5.52 Å². The van der Waals surface area contributed by atoms with Crippen molar-refractivity contribution in [1.82, 2.24) is 4.40 Å². The van der Waals surface area contributed by atoms with Crippen LogP contribution in [0.4, 0.5) is 0 Å². The lowest BCUT2D eigenvalue weighted by Crippen LogP contribution is -2.03. The lowest BCUT2D eigenvalue weighted by Gasteiger charge is -2.12. The minimum Gasteiger partial charge on any atom is -0.396 e. The molecule has 0 saturated heterocycles. The first-order valence-corrected chi connectivity index (χ1v) is 6.11. The molecule has 0 aliphatic heterocycles. The minimum absolute atomic E-state index is 0.231. The number of fused-ring (bicyclic) bond motifs is 3. The predicted octanol–water partition coefficient (Wildman–Crippen LogP) is 2.35. The number of aromatic nitrogens is 1. The molecule has 0 saturated carbocycles. The molecule has 2 heterocycles. The number of hydrogen-bond donors (Lipinski definition) is 1. The molecule has 2 heteroatoms. The first kappa shape index (κ1) is 9.91. The van der Waals surface area contributed by atoms with Gasteiger partial charge >= 0.3 is 0 Å². The van der Waals surface area contributed by atoms with E-state index in [1.165, 1.54) is 48.0 Å². The Bertz CT molecular complexity index is 513. The van der Waals surface area contributed by atoms with Crippen molar-refractivity contribution in [3.8, 4) is 0 Å². The molecule has 0 atom stereocenters. The minimum atomic E-state index is 0.231. The summed E-state index contributed by atoms with van der Waals surface area (Å²) < 4.78 is 2.32. The van der Waals surface area contributed by atoms with E-state index < -0.39 is 0 Å². The Labute approximate surface area is 95.5 Å². The van der Waals surface area contributed by atoms with Crippen molar-refractivity contribution in [3.63, 3.8) is 0 Å². The van der Waals surface area contributed by atoms with Gasteiger partial charge in [-0.3, -0.25) is 0 Å². The highest BCUT2D eigenvalue weighted by molar-refractivity contribution is 5.55. The molecule has 1 N–H and O–H groups in total. The van der Waals surface area contributed by atoms with Crippen LogP contribution in [0.3, 0.4) is 0 Å². The number of hydrogen-bond acceptors (Lipinski definition) is 1. The number of aliphatic hydroxyl groups is 1. The Kier molecular flexibility index (Phi) is 2.44. The highest BCUT2D eigenvalue weighted by Gasteiger charge is 2.14. The van der Waals surface area contributed by atoms with Crippen molar-refractivity contribution in [3.05, 3.63) is 41.2 Å². The van der Waals surface area contributed by atoms with Gasteiger partial charge in [0.2, 0.25) is 0 Å². The molecule has 84 valence electrons. The van der Waals surface area contributed by atoms with Crippen LogP contribution in [0.5, 0.6) is 0 Å². The maximum atomic E-state index is 8.97. The average molecular weight is 215 g/mol. The molecule has 0 bridgehead atoms. The highest BCUT2D eigenvalue weighted by Crippen LogP contribution is 2.25. The summed E-state index contributed by atoms with van der Waals surface area (Å²) in [5, 5.41) is 8.97. The van der Waals surface area contributed by atoms with Gasteiger partial charge in [-0.25, -0.2) is 0 Å². The molecule has 0 unspecified atom stereocenters. The molecule has 0 fully saturated rings. The van der Waals surface area contributed by atoms with Crippen LogP contribution in [0.2, 0.25) is 0 Å². The zero-order valence-corrected chi connectivity index (χ0v) is 9.45. The normalized spacial score (nSPS) is 15.3. The van der Waals surface area contributed by atoms with Gasteiger partial charge in [0, 0.05) is 24.0 Å². The van der Waals surface area contributed by atoms with E-state index in [2.05, 4.69) is 28.8 Å². The number of rotatable bonds is 2. The SMILES string of the molecule is OCCc1ccc2cc3c(n2c1)CCCC3. The third-order valence-electron chi connectivity index (χ3n) is 3.54. The van der Waals surface area contributed by atoms with Crippen LogP contribution >= 0.6 is 0 Å². The van der Waals surface area contributed by atoms with E-state index in [4.69, 9.17) is 5.11 Å². The summed E-state index contributed by atoms with van der Waals surface area (Å²) in [6.07, 6.45) is 8.01. The second-order valence-electron chi connectivity index (χ2n) is 4.63. The molecule has 16 heavy (non-hydrogen) atoms. The summed E-state index contributed by atoms with van der Waals surface area (Å²) in [7, 11) is 0. The fraction of sp³-hybridized carbons (Fsp3) is 0.429. The molecular weight excluding hydrogens is 198 g/mol. The Morgan fingerprint density at radius 1 is 1.19 bits per heavy atom. The van der Waals surface area contributed by atoms with E-state index in [0.717, 1.165) is 6.42 Å². The van der Waals surface area contributed by atoms with Crippen molar-refractivity contribution in [2.75, 3.05) is 6.61 Å². The lowest BCUT2D eigenvalue weighted by molar-refractivity contribution is 0.299. The van der Waals surface area contributed by atoms with Gasteiger partial charge in [0.15, 0.2) is 0 Å². The van der Waals surface area contributed by atoms with Gasteiger partial charge in [-0.05, 0) is 55.4 Å². The van der Waals surface area contributed by atoms with E-state index >= 15 is 0 Å². The van der Waals surface area contributed by atoms with Gasteiger partial charge in [-0.2, -0.15) is 0 Å². The Morgan fingerprint density at radius 2 is 2.06 bits per heavy atom. The van der Waals surface area contributed by atoms with Gasteiger partial charge < -0.3 is 9.51 Å². The van der Waals surface area contributed by atoms with Gasteiger partial charge in [0.1, 0.15) is 0 Å². The summed E-state index contributed by atoms with van der Waals surface area (Å²) in [6, 6.07) is 6.61. The molecular formula is C14H17NO. The number of pyridine rings is 1. The maximum absolute atomic E-state index is 8.97. The smallest absolute Gasteiger partial charge is 0.0472 e. The first-order valence-electron chi connectivity index (χ1n) is 6.11. The Morgan fingerprint density at radius 3 is 2.94 bits per heavy atom. The molecule has 1 aliphatic rings. The van der Waals surface area contributed by atoms with E-state index in [9.17, 15) is 0 Å². The zero-order chi connectivity index (χ0) is 11.0. The molecule has 0 spiro atoms. The maximum Gasteiger partial charge on any atom is 0.0472 e. The van der Waals surface area contributed by atoms with Crippen molar-refractivity contribution in [2.45, 2.75) is 32.1 Å². The van der Waals surface area contributed by atoms with Crippen LogP contribution in [-0.2, 0) is 19.3 Å². The van der Waals surface area contributed by atoms with E-state index in [0.29, 0.717) is 0 Å². The standard InChI is InChI=1S/C14H17NO/c16-8-7-11-5-6-13-9-12-3-1-2-4-14(12)15(13)10-11/h5-6,9-10,16H,1-4,7-8H2. The number of aliphatic hydroxyl groups excluding tert-OH is 1. The molecule has 0 amide bonds. The molecule has 2 nitrogen and oxygen atoms in total. The van der Waals surface area contributed by atoms with Gasteiger partial charge in [0.05, 0.1) is 0 Å². The van der Waals surface area contributed by atoms with Crippen LogP contribution < -0.4 is 0 Å². The molecule has 0 radical (unpaired) electrons. The third kappa shape index (κ3) is 1.54. The second kappa shape index (κ2) is 3.95. The van der Waals surface area contributed by atoms with Crippen molar-refractivity contribution in [2.24, 2.45) is 0 Å². The van der Waals surface area contributed by atoms with Gasteiger partial charge in [-0.1, -0.05) is 6.07 Å². The first-order chi connectivity index (χ1) is 7.88. The molecule has 3 rings (SSSR count). The fourth-order valence-electron chi connectivity index (χ4n) is 2.71. The predicted molar refractivity (Wildman–Crippen MR) is 64.8 cm³/mol. The number of aryl methyl sites for hydroxylation is 2. The van der Waals surface area contributed by atoms with Crippen LogP contribution in [-0.4, -0.2) is 16.1 Å². The monoisotopic (exact) mass is 215 g/mol. The summed E-state index contributed by atoms with van der Waals surface area (Å²) in [6.45, 7) is 0.231. The summed E-state index contributed by atoms with van der Waals surface area (Å²) in [4.78, 5) is 0. The van der Waals surface area contributed by atoms with Crippen LogP contribution in [0.1, 0.15) is 29.7 Å². The Balaban J connectivity index is 2.13. The van der Waals surface area contributed by atoms with Crippen molar-refractivity contribution in [1.29, 1.82) is 0 Å².